The van der Waals surface area contributed by atoms with Crippen molar-refractivity contribution < 1.29 is 4.74 Å². The van der Waals surface area contributed by atoms with Crippen molar-refractivity contribution in [3.05, 3.63) is 58.8 Å². The number of hydrogen-bond donors (Lipinski definition) is 0. The molecule has 1 aromatic carbocycles. The number of benzene rings is 1. The van der Waals surface area contributed by atoms with Gasteiger partial charge in [0.1, 0.15) is 5.75 Å². The quantitative estimate of drug-likeness (QED) is 0.718. The highest BCUT2D eigenvalue weighted by molar-refractivity contribution is 5.95. The van der Waals surface area contributed by atoms with Crippen molar-refractivity contribution in [3.63, 3.8) is 0 Å². The van der Waals surface area contributed by atoms with Crippen LogP contribution in [0.5, 0.6) is 5.75 Å². The molecule has 0 saturated heterocycles. The van der Waals surface area contributed by atoms with Crippen molar-refractivity contribution in [2.45, 2.75) is 26.2 Å². The Balaban J connectivity index is 2.29. The molecule has 4 heteroatoms. The first-order valence-corrected chi connectivity index (χ1v) is 7.95. The molecule has 0 atom stereocenters. The van der Waals surface area contributed by atoms with Gasteiger partial charge < -0.3 is 9.30 Å². The number of methoxy groups -OCH3 is 1. The molecule has 3 aromatic rings. The summed E-state index contributed by atoms with van der Waals surface area (Å²) in [6, 6.07) is 8.12. The van der Waals surface area contributed by atoms with E-state index in [0.717, 1.165) is 27.8 Å². The highest BCUT2D eigenvalue weighted by atomic mass is 16.5. The average Bonchev–Trinajstić information content (AvgIpc) is 2.56. The van der Waals surface area contributed by atoms with Crippen LogP contribution in [0.4, 0.5) is 0 Å². The van der Waals surface area contributed by atoms with Gasteiger partial charge in [-0.05, 0) is 34.1 Å². The lowest BCUT2D eigenvalue weighted by Crippen LogP contribution is -2.17. The van der Waals surface area contributed by atoms with Crippen LogP contribution in [0.1, 0.15) is 26.3 Å². The maximum absolute atomic E-state index is 12.3. The molecular formula is C20H22N2O2. The van der Waals surface area contributed by atoms with Gasteiger partial charge in [0.15, 0.2) is 0 Å². The standard InChI is InChI=1S/C20H22N2O2/c1-20(2,3)17-7-6-13(10-18(17)24-5)16-12-22(4)19(23)15-11-21-9-8-14(15)16/h6-12H,1-5H3. The van der Waals surface area contributed by atoms with Gasteiger partial charge in [0, 0.05) is 31.2 Å². The predicted octanol–water partition coefficient (Wildman–Crippen LogP) is 3.91. The molecule has 0 N–H and O–H groups in total. The second-order valence-corrected chi connectivity index (χ2v) is 7.05. The molecule has 0 aliphatic rings. The molecule has 0 aliphatic carbocycles. The molecule has 3 rings (SSSR count). The summed E-state index contributed by atoms with van der Waals surface area (Å²) in [6.07, 6.45) is 5.21. The fraction of sp³-hybridized carbons (Fsp3) is 0.300. The third kappa shape index (κ3) is 2.68. The van der Waals surface area contributed by atoms with E-state index >= 15 is 0 Å². The minimum atomic E-state index is -0.0415. The van der Waals surface area contributed by atoms with Gasteiger partial charge in [-0.1, -0.05) is 32.9 Å². The predicted molar refractivity (Wildman–Crippen MR) is 97.7 cm³/mol. The number of rotatable bonds is 2. The molecule has 0 bridgehead atoms. The fourth-order valence-electron chi connectivity index (χ4n) is 3.02. The second kappa shape index (κ2) is 5.78. The Kier molecular flexibility index (Phi) is 3.91. The lowest BCUT2D eigenvalue weighted by molar-refractivity contribution is 0.398. The summed E-state index contributed by atoms with van der Waals surface area (Å²) < 4.78 is 7.22. The molecule has 0 fully saturated rings. The highest BCUT2D eigenvalue weighted by Gasteiger charge is 2.20. The van der Waals surface area contributed by atoms with Crippen LogP contribution in [-0.4, -0.2) is 16.7 Å². The Morgan fingerprint density at radius 1 is 1.12 bits per heavy atom. The van der Waals surface area contributed by atoms with E-state index in [4.69, 9.17) is 4.74 Å². The van der Waals surface area contributed by atoms with E-state index in [0.29, 0.717) is 5.39 Å². The first-order chi connectivity index (χ1) is 11.3. The van der Waals surface area contributed by atoms with Gasteiger partial charge in [-0.15, -0.1) is 0 Å². The monoisotopic (exact) mass is 322 g/mol. The number of ether oxygens (including phenoxy) is 1. The minimum absolute atomic E-state index is 0.000591. The summed E-state index contributed by atoms with van der Waals surface area (Å²) >= 11 is 0. The average molecular weight is 322 g/mol. The van der Waals surface area contributed by atoms with Gasteiger partial charge in [0.2, 0.25) is 0 Å². The van der Waals surface area contributed by atoms with Crippen molar-refractivity contribution in [2.75, 3.05) is 7.11 Å². The summed E-state index contributed by atoms with van der Waals surface area (Å²) in [5.41, 5.74) is 3.13. The molecule has 0 amide bonds. The molecule has 2 aromatic heterocycles. The first-order valence-electron chi connectivity index (χ1n) is 7.95. The number of fused-ring (bicyclic) bond motifs is 1. The van der Waals surface area contributed by atoms with Crippen molar-refractivity contribution >= 4 is 10.8 Å². The van der Waals surface area contributed by atoms with Crippen LogP contribution >= 0.6 is 0 Å². The van der Waals surface area contributed by atoms with Gasteiger partial charge in [-0.2, -0.15) is 0 Å². The molecule has 0 unspecified atom stereocenters. The van der Waals surface area contributed by atoms with Crippen LogP contribution < -0.4 is 10.3 Å². The number of aromatic nitrogens is 2. The highest BCUT2D eigenvalue weighted by Crippen LogP contribution is 2.36. The Morgan fingerprint density at radius 3 is 2.54 bits per heavy atom. The fourth-order valence-corrected chi connectivity index (χ4v) is 3.02. The summed E-state index contributed by atoms with van der Waals surface area (Å²) in [5.74, 6) is 0.857. The molecule has 2 heterocycles. The molecule has 4 nitrogen and oxygen atoms in total. The lowest BCUT2D eigenvalue weighted by atomic mass is 9.85. The van der Waals surface area contributed by atoms with E-state index in [9.17, 15) is 4.79 Å². The molecule has 0 aliphatic heterocycles. The molecular weight excluding hydrogens is 300 g/mol. The normalized spacial score (nSPS) is 11.7. The van der Waals surface area contributed by atoms with Gasteiger partial charge in [-0.3, -0.25) is 9.78 Å². The third-order valence-electron chi connectivity index (χ3n) is 4.31. The molecule has 24 heavy (non-hydrogen) atoms. The summed E-state index contributed by atoms with van der Waals surface area (Å²) in [5, 5.41) is 1.52. The van der Waals surface area contributed by atoms with E-state index < -0.39 is 0 Å². The molecule has 0 spiro atoms. The van der Waals surface area contributed by atoms with E-state index in [1.807, 2.05) is 18.3 Å². The molecule has 0 radical (unpaired) electrons. The van der Waals surface area contributed by atoms with Crippen molar-refractivity contribution in [1.82, 2.24) is 9.55 Å². The van der Waals surface area contributed by atoms with E-state index in [-0.39, 0.29) is 11.0 Å². The summed E-state index contributed by atoms with van der Waals surface area (Å²) in [6.45, 7) is 6.49. The van der Waals surface area contributed by atoms with Crippen LogP contribution in [0.2, 0.25) is 0 Å². The SMILES string of the molecule is COc1cc(-c2cn(C)c(=O)c3cnccc23)ccc1C(C)(C)C. The zero-order valence-corrected chi connectivity index (χ0v) is 14.8. The number of aryl methyl sites for hydroxylation is 1. The van der Waals surface area contributed by atoms with Crippen molar-refractivity contribution in [2.24, 2.45) is 7.05 Å². The van der Waals surface area contributed by atoms with Gasteiger partial charge in [0.25, 0.3) is 5.56 Å². The van der Waals surface area contributed by atoms with Crippen LogP contribution in [0, 0.1) is 0 Å². The third-order valence-corrected chi connectivity index (χ3v) is 4.31. The smallest absolute Gasteiger partial charge is 0.259 e. The Morgan fingerprint density at radius 2 is 1.88 bits per heavy atom. The lowest BCUT2D eigenvalue weighted by Gasteiger charge is -2.23. The van der Waals surface area contributed by atoms with Crippen LogP contribution in [0.25, 0.3) is 21.9 Å². The van der Waals surface area contributed by atoms with Crippen LogP contribution in [0.3, 0.4) is 0 Å². The van der Waals surface area contributed by atoms with Crippen molar-refractivity contribution in [1.29, 1.82) is 0 Å². The minimum Gasteiger partial charge on any atom is -0.496 e. The zero-order valence-electron chi connectivity index (χ0n) is 14.8. The zero-order chi connectivity index (χ0) is 17.5. The Labute approximate surface area is 141 Å². The Bertz CT molecular complexity index is 966. The number of pyridine rings is 2. The largest absolute Gasteiger partial charge is 0.496 e. The van der Waals surface area contributed by atoms with Gasteiger partial charge >= 0.3 is 0 Å². The maximum Gasteiger partial charge on any atom is 0.259 e. The van der Waals surface area contributed by atoms with E-state index in [2.05, 4.69) is 37.9 Å². The summed E-state index contributed by atoms with van der Waals surface area (Å²) in [4.78, 5) is 16.4. The molecule has 124 valence electrons. The van der Waals surface area contributed by atoms with E-state index in [1.165, 1.54) is 0 Å². The first kappa shape index (κ1) is 16.2. The number of hydrogen-bond acceptors (Lipinski definition) is 3. The molecule has 0 saturated carbocycles. The second-order valence-electron chi connectivity index (χ2n) is 7.05. The topological polar surface area (TPSA) is 44.1 Å². The Hall–Kier alpha value is -2.62. The van der Waals surface area contributed by atoms with Gasteiger partial charge in [0.05, 0.1) is 12.5 Å². The van der Waals surface area contributed by atoms with Crippen LogP contribution in [-0.2, 0) is 12.5 Å². The van der Waals surface area contributed by atoms with E-state index in [1.54, 1.807) is 31.1 Å². The van der Waals surface area contributed by atoms with Gasteiger partial charge in [-0.25, -0.2) is 0 Å². The number of nitrogens with zero attached hydrogens (tertiary/aromatic N) is 2. The van der Waals surface area contributed by atoms with Crippen LogP contribution in [0.15, 0.2) is 47.7 Å². The summed E-state index contributed by atoms with van der Waals surface area (Å²) in [7, 11) is 3.45. The maximum atomic E-state index is 12.3. The van der Waals surface area contributed by atoms with Crippen molar-refractivity contribution in [3.8, 4) is 16.9 Å².